The van der Waals surface area contributed by atoms with Gasteiger partial charge < -0.3 is 9.57 Å². The van der Waals surface area contributed by atoms with Gasteiger partial charge in [0.15, 0.2) is 0 Å². The van der Waals surface area contributed by atoms with Crippen molar-refractivity contribution in [1.82, 2.24) is 0 Å². The van der Waals surface area contributed by atoms with Gasteiger partial charge in [-0.15, -0.1) is 0 Å². The van der Waals surface area contributed by atoms with E-state index >= 15 is 0 Å². The molecule has 96 valence electrons. The van der Waals surface area contributed by atoms with Crippen molar-refractivity contribution < 1.29 is 9.57 Å². The van der Waals surface area contributed by atoms with Gasteiger partial charge in [0, 0.05) is 11.1 Å². The van der Waals surface area contributed by atoms with Crippen LogP contribution >= 0.6 is 0 Å². The van der Waals surface area contributed by atoms with Crippen molar-refractivity contribution >= 4 is 5.71 Å². The zero-order valence-electron chi connectivity index (χ0n) is 10.5. The van der Waals surface area contributed by atoms with Crippen LogP contribution in [-0.4, -0.2) is 25.0 Å². The molecule has 0 saturated carbocycles. The van der Waals surface area contributed by atoms with E-state index in [9.17, 15) is 0 Å². The Morgan fingerprint density at radius 1 is 1.00 bits per heavy atom. The number of benzene rings is 2. The van der Waals surface area contributed by atoms with Gasteiger partial charge in [0.1, 0.15) is 18.4 Å². The fourth-order valence-corrected chi connectivity index (χ4v) is 1.81. The van der Waals surface area contributed by atoms with E-state index in [1.54, 1.807) is 0 Å². The zero-order valence-corrected chi connectivity index (χ0v) is 10.5. The summed E-state index contributed by atoms with van der Waals surface area (Å²) in [5.41, 5.74) is 2.94. The van der Waals surface area contributed by atoms with Crippen LogP contribution in [0.25, 0.3) is 0 Å². The molecule has 19 heavy (non-hydrogen) atoms. The number of rotatable bonds is 5. The fourth-order valence-electron chi connectivity index (χ4n) is 1.81. The first-order valence-corrected chi connectivity index (χ1v) is 6.36. The number of epoxide rings is 1. The number of nitrogens with zero attached hydrogens (tertiary/aromatic N) is 1. The predicted octanol–water partition coefficient (Wildman–Crippen LogP) is 2.85. The van der Waals surface area contributed by atoms with Crippen LogP contribution in [0.5, 0.6) is 0 Å². The molecule has 0 N–H and O–H groups in total. The molecule has 1 unspecified atom stereocenters. The van der Waals surface area contributed by atoms with Crippen LogP contribution in [0.4, 0.5) is 0 Å². The van der Waals surface area contributed by atoms with Gasteiger partial charge in [-0.05, 0) is 0 Å². The minimum absolute atomic E-state index is 0.219. The zero-order chi connectivity index (χ0) is 12.9. The first-order valence-electron chi connectivity index (χ1n) is 6.36. The maximum Gasteiger partial charge on any atom is 0.145 e. The summed E-state index contributed by atoms with van der Waals surface area (Å²) in [5, 5.41) is 4.28. The SMILES string of the molecule is c1ccc(C(=NOCC2CO2)c2ccccc2)cc1. The lowest BCUT2D eigenvalue weighted by atomic mass is 10.0. The van der Waals surface area contributed by atoms with E-state index in [1.165, 1.54) is 0 Å². The Bertz CT molecular complexity index is 506. The van der Waals surface area contributed by atoms with Gasteiger partial charge in [-0.25, -0.2) is 0 Å². The summed E-state index contributed by atoms with van der Waals surface area (Å²) in [6.07, 6.45) is 0.219. The molecule has 0 spiro atoms. The Kier molecular flexibility index (Phi) is 3.56. The maximum atomic E-state index is 5.39. The smallest absolute Gasteiger partial charge is 0.145 e. The second kappa shape index (κ2) is 5.67. The van der Waals surface area contributed by atoms with Crippen LogP contribution in [0.2, 0.25) is 0 Å². The monoisotopic (exact) mass is 253 g/mol. The van der Waals surface area contributed by atoms with Gasteiger partial charge in [0.2, 0.25) is 0 Å². The molecule has 0 amide bonds. The largest absolute Gasteiger partial charge is 0.392 e. The molecule has 2 aromatic rings. The minimum Gasteiger partial charge on any atom is -0.392 e. The van der Waals surface area contributed by atoms with Gasteiger partial charge in [-0.2, -0.15) is 0 Å². The standard InChI is InChI=1S/C16H15NO2/c1-3-7-13(8-4-1)16(14-9-5-2-6-10-14)17-19-12-15-11-18-15/h1-10,15H,11-12H2. The second-order valence-corrected chi connectivity index (χ2v) is 4.42. The first kappa shape index (κ1) is 11.9. The lowest BCUT2D eigenvalue weighted by molar-refractivity contribution is 0.125. The summed E-state index contributed by atoms with van der Waals surface area (Å²) in [4.78, 5) is 5.39. The van der Waals surface area contributed by atoms with E-state index in [2.05, 4.69) is 5.16 Å². The highest BCUT2D eigenvalue weighted by Gasteiger charge is 2.23. The molecule has 1 fully saturated rings. The average molecular weight is 253 g/mol. The molecule has 1 saturated heterocycles. The molecule has 1 atom stereocenters. The third kappa shape index (κ3) is 3.20. The van der Waals surface area contributed by atoms with Crippen molar-refractivity contribution in [1.29, 1.82) is 0 Å². The Morgan fingerprint density at radius 3 is 2.00 bits per heavy atom. The third-order valence-corrected chi connectivity index (χ3v) is 2.91. The van der Waals surface area contributed by atoms with Crippen molar-refractivity contribution in [2.45, 2.75) is 6.10 Å². The van der Waals surface area contributed by atoms with Crippen molar-refractivity contribution in [3.63, 3.8) is 0 Å². The number of hydrogen-bond acceptors (Lipinski definition) is 3. The van der Waals surface area contributed by atoms with E-state index in [0.29, 0.717) is 6.61 Å². The van der Waals surface area contributed by atoms with Gasteiger partial charge in [-0.1, -0.05) is 65.8 Å². The molecule has 0 radical (unpaired) electrons. The molecule has 3 nitrogen and oxygen atoms in total. The van der Waals surface area contributed by atoms with Crippen LogP contribution in [0.1, 0.15) is 11.1 Å². The summed E-state index contributed by atoms with van der Waals surface area (Å²) in [6, 6.07) is 20.1. The Morgan fingerprint density at radius 2 is 1.53 bits per heavy atom. The van der Waals surface area contributed by atoms with Crippen LogP contribution in [0.15, 0.2) is 65.8 Å². The number of ether oxygens (including phenoxy) is 1. The molecule has 0 aromatic heterocycles. The van der Waals surface area contributed by atoms with E-state index < -0.39 is 0 Å². The summed E-state index contributed by atoms with van der Waals surface area (Å²) in [6.45, 7) is 1.30. The first-order chi connectivity index (χ1) is 9.43. The van der Waals surface area contributed by atoms with E-state index in [-0.39, 0.29) is 6.10 Å². The molecule has 2 aromatic carbocycles. The predicted molar refractivity (Wildman–Crippen MR) is 74.2 cm³/mol. The molecule has 3 heteroatoms. The Balaban J connectivity index is 1.86. The highest BCUT2D eigenvalue weighted by molar-refractivity contribution is 6.12. The quantitative estimate of drug-likeness (QED) is 0.466. The van der Waals surface area contributed by atoms with Gasteiger partial charge in [-0.3, -0.25) is 0 Å². The summed E-state index contributed by atoms with van der Waals surface area (Å²) < 4.78 is 5.11. The summed E-state index contributed by atoms with van der Waals surface area (Å²) in [5.74, 6) is 0. The molecule has 0 bridgehead atoms. The maximum absolute atomic E-state index is 5.39. The van der Waals surface area contributed by atoms with Crippen LogP contribution in [0, 0.1) is 0 Å². The number of hydrogen-bond donors (Lipinski definition) is 0. The van der Waals surface area contributed by atoms with Crippen molar-refractivity contribution in [2.75, 3.05) is 13.2 Å². The van der Waals surface area contributed by atoms with Gasteiger partial charge >= 0.3 is 0 Å². The van der Waals surface area contributed by atoms with Gasteiger partial charge in [0.05, 0.1) is 6.61 Å². The highest BCUT2D eigenvalue weighted by atomic mass is 16.7. The molecule has 3 rings (SSSR count). The fraction of sp³-hybridized carbons (Fsp3) is 0.188. The summed E-state index contributed by atoms with van der Waals surface area (Å²) >= 11 is 0. The minimum atomic E-state index is 0.219. The summed E-state index contributed by atoms with van der Waals surface area (Å²) in [7, 11) is 0. The average Bonchev–Trinajstić information content (AvgIpc) is 3.30. The van der Waals surface area contributed by atoms with Crippen molar-refractivity contribution in [2.24, 2.45) is 5.16 Å². The molecular weight excluding hydrogens is 238 g/mol. The van der Waals surface area contributed by atoms with E-state index in [1.807, 2.05) is 60.7 Å². The van der Waals surface area contributed by atoms with Crippen LogP contribution in [0.3, 0.4) is 0 Å². The van der Waals surface area contributed by atoms with Crippen molar-refractivity contribution in [3.8, 4) is 0 Å². The third-order valence-electron chi connectivity index (χ3n) is 2.91. The van der Waals surface area contributed by atoms with Crippen LogP contribution < -0.4 is 0 Å². The van der Waals surface area contributed by atoms with E-state index in [4.69, 9.17) is 9.57 Å². The molecule has 1 heterocycles. The van der Waals surface area contributed by atoms with Crippen molar-refractivity contribution in [3.05, 3.63) is 71.8 Å². The van der Waals surface area contributed by atoms with E-state index in [0.717, 1.165) is 23.4 Å². The number of oxime groups is 1. The normalized spacial score (nSPS) is 16.7. The highest BCUT2D eigenvalue weighted by Crippen LogP contribution is 2.13. The molecule has 1 aliphatic heterocycles. The topological polar surface area (TPSA) is 34.1 Å². The molecular formula is C16H15NO2. The Hall–Kier alpha value is -2.13. The second-order valence-electron chi connectivity index (χ2n) is 4.42. The van der Waals surface area contributed by atoms with Gasteiger partial charge in [0.25, 0.3) is 0 Å². The molecule has 0 aliphatic carbocycles. The Labute approximate surface area is 112 Å². The lowest BCUT2D eigenvalue weighted by Crippen LogP contribution is -2.06. The lowest BCUT2D eigenvalue weighted by Gasteiger charge is -2.06. The molecule has 1 aliphatic rings. The van der Waals surface area contributed by atoms with Crippen LogP contribution in [-0.2, 0) is 9.57 Å².